The summed E-state index contributed by atoms with van der Waals surface area (Å²) in [4.78, 5) is 8.88. The topological polar surface area (TPSA) is 46.5 Å². The van der Waals surface area contributed by atoms with Gasteiger partial charge in [-0.3, -0.25) is 0 Å². The van der Waals surface area contributed by atoms with E-state index in [-0.39, 0.29) is 0 Å². The molecular formula is C23H16N4S2. The Kier molecular flexibility index (Phi) is 4.63. The Morgan fingerprint density at radius 1 is 0.897 bits per heavy atom. The van der Waals surface area contributed by atoms with E-state index in [9.17, 15) is 0 Å². The van der Waals surface area contributed by atoms with Gasteiger partial charge in [0.2, 0.25) is 0 Å². The number of nitrogens with zero attached hydrogens (tertiary/aromatic N) is 3. The molecule has 4 nitrogen and oxygen atoms in total. The lowest BCUT2D eigenvalue weighted by Gasteiger charge is -2.05. The van der Waals surface area contributed by atoms with E-state index < -0.39 is 0 Å². The summed E-state index contributed by atoms with van der Waals surface area (Å²) in [7, 11) is 0. The normalized spacial score (nSPS) is 10.9. The van der Waals surface area contributed by atoms with E-state index in [0.717, 1.165) is 38.8 Å². The number of aromatic nitrogens is 4. The highest BCUT2D eigenvalue weighted by Gasteiger charge is 2.16. The molecule has 0 saturated heterocycles. The smallest absolute Gasteiger partial charge is 0.197 e. The van der Waals surface area contributed by atoms with Crippen molar-refractivity contribution >= 4 is 23.6 Å². The second-order valence-electron chi connectivity index (χ2n) is 6.50. The number of hydrogen-bond donors (Lipinski definition) is 1. The third-order valence-corrected chi connectivity index (χ3v) is 5.66. The van der Waals surface area contributed by atoms with Gasteiger partial charge in [-0.2, -0.15) is 5.10 Å². The molecule has 5 aromatic rings. The highest BCUT2D eigenvalue weighted by atomic mass is 32.1. The van der Waals surface area contributed by atoms with Crippen molar-refractivity contribution in [3.8, 4) is 38.8 Å². The van der Waals surface area contributed by atoms with Crippen molar-refractivity contribution < 1.29 is 0 Å². The number of rotatable bonds is 4. The molecule has 3 aromatic heterocycles. The molecular weight excluding hydrogens is 396 g/mol. The van der Waals surface area contributed by atoms with Gasteiger partial charge in [0.05, 0.1) is 22.0 Å². The van der Waals surface area contributed by atoms with Gasteiger partial charge in [0, 0.05) is 17.3 Å². The predicted octanol–water partition coefficient (Wildman–Crippen LogP) is 6.39. The van der Waals surface area contributed by atoms with Crippen molar-refractivity contribution in [2.24, 2.45) is 0 Å². The van der Waals surface area contributed by atoms with Crippen LogP contribution in [0.1, 0.15) is 0 Å². The molecule has 6 heteroatoms. The Morgan fingerprint density at radius 2 is 1.66 bits per heavy atom. The fourth-order valence-electron chi connectivity index (χ4n) is 3.24. The quantitative estimate of drug-likeness (QED) is 0.348. The van der Waals surface area contributed by atoms with Crippen molar-refractivity contribution in [2.45, 2.75) is 0 Å². The maximum Gasteiger partial charge on any atom is 0.197 e. The summed E-state index contributed by atoms with van der Waals surface area (Å²) < 4.78 is 2.36. The molecule has 0 aliphatic carbocycles. The van der Waals surface area contributed by atoms with Gasteiger partial charge in [0.1, 0.15) is 5.69 Å². The molecule has 0 unspecified atom stereocenters. The zero-order chi connectivity index (χ0) is 19.6. The second-order valence-corrected chi connectivity index (χ2v) is 7.83. The molecule has 0 aliphatic rings. The standard InChI is InChI=1S/C23H16N4S2/c28-23-24-19(16-8-3-1-4-9-16)14-20(25-23)18-15-27(17-10-5-2-6-11-17)26-22(18)21-12-7-13-29-21/h1-15H,(H,24,25,28). The van der Waals surface area contributed by atoms with E-state index in [2.05, 4.69) is 21.4 Å². The summed E-state index contributed by atoms with van der Waals surface area (Å²) in [5.41, 5.74) is 5.68. The van der Waals surface area contributed by atoms with Gasteiger partial charge in [0.15, 0.2) is 4.77 Å². The molecule has 0 atom stereocenters. The first-order chi connectivity index (χ1) is 14.3. The molecule has 29 heavy (non-hydrogen) atoms. The van der Waals surface area contributed by atoms with E-state index in [1.54, 1.807) is 11.3 Å². The molecule has 0 spiro atoms. The highest BCUT2D eigenvalue weighted by molar-refractivity contribution is 7.71. The third kappa shape index (κ3) is 3.55. The number of nitrogens with one attached hydrogen (secondary N) is 1. The van der Waals surface area contributed by atoms with Crippen LogP contribution < -0.4 is 0 Å². The van der Waals surface area contributed by atoms with Crippen LogP contribution in [0, 0.1) is 4.77 Å². The average molecular weight is 413 g/mol. The summed E-state index contributed by atoms with van der Waals surface area (Å²) in [6.45, 7) is 0. The number of para-hydroxylation sites is 1. The Morgan fingerprint density at radius 3 is 2.38 bits per heavy atom. The second kappa shape index (κ2) is 7.58. The van der Waals surface area contributed by atoms with E-state index in [1.807, 2.05) is 83.7 Å². The number of H-pyrrole nitrogens is 1. The van der Waals surface area contributed by atoms with Crippen LogP contribution in [0.4, 0.5) is 0 Å². The van der Waals surface area contributed by atoms with Crippen LogP contribution >= 0.6 is 23.6 Å². The fraction of sp³-hybridized carbons (Fsp3) is 0. The highest BCUT2D eigenvalue weighted by Crippen LogP contribution is 2.34. The van der Waals surface area contributed by atoms with Crippen molar-refractivity contribution in [1.82, 2.24) is 19.7 Å². The molecule has 2 aromatic carbocycles. The Labute approximate surface area is 177 Å². The van der Waals surface area contributed by atoms with E-state index in [0.29, 0.717) is 4.77 Å². The van der Waals surface area contributed by atoms with E-state index in [4.69, 9.17) is 17.3 Å². The number of aromatic amines is 1. The zero-order valence-corrected chi connectivity index (χ0v) is 17.0. The zero-order valence-electron chi connectivity index (χ0n) is 15.3. The molecule has 0 fully saturated rings. The summed E-state index contributed by atoms with van der Waals surface area (Å²) in [6.07, 6.45) is 2.04. The molecule has 0 aliphatic heterocycles. The van der Waals surface area contributed by atoms with Crippen LogP contribution in [-0.4, -0.2) is 19.7 Å². The van der Waals surface area contributed by atoms with Crippen LogP contribution in [0.2, 0.25) is 0 Å². The Bertz CT molecular complexity index is 1300. The van der Waals surface area contributed by atoms with Gasteiger partial charge in [0.25, 0.3) is 0 Å². The van der Waals surface area contributed by atoms with Crippen molar-refractivity contribution in [3.05, 3.63) is 95.2 Å². The summed E-state index contributed by atoms with van der Waals surface area (Å²) in [5, 5.41) is 6.94. The van der Waals surface area contributed by atoms with Gasteiger partial charge in [-0.15, -0.1) is 11.3 Å². The summed E-state index contributed by atoms with van der Waals surface area (Å²) in [6, 6.07) is 26.3. The van der Waals surface area contributed by atoms with Crippen molar-refractivity contribution in [1.29, 1.82) is 0 Å². The van der Waals surface area contributed by atoms with Crippen molar-refractivity contribution in [2.75, 3.05) is 0 Å². The van der Waals surface area contributed by atoms with Crippen LogP contribution in [0.5, 0.6) is 0 Å². The molecule has 0 amide bonds. The minimum absolute atomic E-state index is 0.450. The van der Waals surface area contributed by atoms with E-state index in [1.165, 1.54) is 0 Å². The van der Waals surface area contributed by atoms with Crippen LogP contribution in [0.15, 0.2) is 90.4 Å². The lowest BCUT2D eigenvalue weighted by atomic mass is 10.1. The predicted molar refractivity (Wildman–Crippen MR) is 121 cm³/mol. The molecule has 0 bridgehead atoms. The maximum absolute atomic E-state index is 5.44. The summed E-state index contributed by atoms with van der Waals surface area (Å²) in [5.74, 6) is 0. The Balaban J connectivity index is 1.71. The minimum atomic E-state index is 0.450. The number of thiophene rings is 1. The number of hydrogen-bond acceptors (Lipinski definition) is 4. The largest absolute Gasteiger partial charge is 0.330 e. The molecule has 0 radical (unpaired) electrons. The van der Waals surface area contributed by atoms with Crippen LogP contribution in [-0.2, 0) is 0 Å². The minimum Gasteiger partial charge on any atom is -0.330 e. The maximum atomic E-state index is 5.44. The molecule has 3 heterocycles. The SMILES string of the molecule is S=c1nc(-c2ccccc2)cc(-c2cn(-c3ccccc3)nc2-c2cccs2)[nH]1. The van der Waals surface area contributed by atoms with E-state index >= 15 is 0 Å². The molecule has 1 N–H and O–H groups in total. The van der Waals surface area contributed by atoms with Gasteiger partial charge in [-0.25, -0.2) is 9.67 Å². The van der Waals surface area contributed by atoms with Crippen LogP contribution in [0.3, 0.4) is 0 Å². The number of benzene rings is 2. The van der Waals surface area contributed by atoms with Gasteiger partial charge < -0.3 is 4.98 Å². The molecule has 140 valence electrons. The van der Waals surface area contributed by atoms with Gasteiger partial charge in [-0.1, -0.05) is 54.6 Å². The van der Waals surface area contributed by atoms with Crippen molar-refractivity contribution in [3.63, 3.8) is 0 Å². The molecule has 5 rings (SSSR count). The van der Waals surface area contributed by atoms with Gasteiger partial charge in [-0.05, 0) is 41.9 Å². The summed E-state index contributed by atoms with van der Waals surface area (Å²) >= 11 is 7.11. The first kappa shape index (κ1) is 17.7. The van der Waals surface area contributed by atoms with Gasteiger partial charge >= 0.3 is 0 Å². The average Bonchev–Trinajstić information content (AvgIpc) is 3.44. The third-order valence-electron chi connectivity index (χ3n) is 4.59. The first-order valence-electron chi connectivity index (χ1n) is 9.14. The Hall–Kier alpha value is -3.35. The molecule has 0 saturated carbocycles. The lowest BCUT2D eigenvalue weighted by molar-refractivity contribution is 0.885. The fourth-order valence-corrected chi connectivity index (χ4v) is 4.17. The lowest BCUT2D eigenvalue weighted by Crippen LogP contribution is -1.93. The van der Waals surface area contributed by atoms with Crippen LogP contribution in [0.25, 0.3) is 38.8 Å². The monoisotopic (exact) mass is 412 g/mol. The first-order valence-corrected chi connectivity index (χ1v) is 10.4.